The van der Waals surface area contributed by atoms with Crippen molar-refractivity contribution in [3.8, 4) is 0 Å². The molecule has 0 spiro atoms. The number of nitrogens with one attached hydrogen (secondary N) is 1. The van der Waals surface area contributed by atoms with Gasteiger partial charge in [0.1, 0.15) is 6.04 Å². The van der Waals surface area contributed by atoms with Crippen molar-refractivity contribution in [3.63, 3.8) is 0 Å². The molecule has 3 aromatic carbocycles. The molecule has 3 rings (SSSR count). The number of likely N-dealkylation sites (N-methyl/N-ethyl adjacent to an activating group) is 2. The Hall–Kier alpha value is -3.23. The van der Waals surface area contributed by atoms with Crippen LogP contribution in [0.1, 0.15) is 18.9 Å². The Balaban J connectivity index is 1.82. The summed E-state index contributed by atoms with van der Waals surface area (Å²) in [7, 11) is -0.983. The lowest BCUT2D eigenvalue weighted by atomic mass is 10.1. The zero-order valence-corrected chi connectivity index (χ0v) is 20.6. The maximum atomic E-state index is 13.3. The topological polar surface area (TPSA) is 86.8 Å². The van der Waals surface area contributed by atoms with Crippen LogP contribution in [-0.4, -0.2) is 62.7 Å². The SMILES string of the molecule is CCC(C(=O)NC)N(CCc1ccccc1)C(=O)CN(C)S(=O)(=O)c1ccc2ccccc2c1. The van der Waals surface area contributed by atoms with E-state index >= 15 is 0 Å². The van der Waals surface area contributed by atoms with Crippen LogP contribution in [0.3, 0.4) is 0 Å². The van der Waals surface area contributed by atoms with Crippen molar-refractivity contribution >= 4 is 32.6 Å². The first-order valence-corrected chi connectivity index (χ1v) is 12.7. The van der Waals surface area contributed by atoms with Crippen molar-refractivity contribution in [2.24, 2.45) is 0 Å². The number of hydrogen-bond donors (Lipinski definition) is 1. The van der Waals surface area contributed by atoms with Crippen LogP contribution in [0.25, 0.3) is 10.8 Å². The van der Waals surface area contributed by atoms with Crippen molar-refractivity contribution in [3.05, 3.63) is 78.4 Å². The normalized spacial score (nSPS) is 12.5. The molecule has 34 heavy (non-hydrogen) atoms. The van der Waals surface area contributed by atoms with Gasteiger partial charge >= 0.3 is 0 Å². The molecule has 1 N–H and O–H groups in total. The van der Waals surface area contributed by atoms with Gasteiger partial charge in [0.15, 0.2) is 0 Å². The molecular formula is C26H31N3O4S. The first-order chi connectivity index (χ1) is 16.3. The van der Waals surface area contributed by atoms with Crippen molar-refractivity contribution in [1.29, 1.82) is 0 Å². The Kier molecular flexibility index (Phi) is 8.41. The molecule has 1 unspecified atom stereocenters. The highest BCUT2D eigenvalue weighted by atomic mass is 32.2. The van der Waals surface area contributed by atoms with Crippen LogP contribution < -0.4 is 5.32 Å². The summed E-state index contributed by atoms with van der Waals surface area (Å²) in [5.74, 6) is -0.692. The fourth-order valence-electron chi connectivity index (χ4n) is 3.94. The zero-order chi connectivity index (χ0) is 24.7. The van der Waals surface area contributed by atoms with Crippen LogP contribution in [0.15, 0.2) is 77.7 Å². The van der Waals surface area contributed by atoms with E-state index in [1.54, 1.807) is 18.2 Å². The minimum absolute atomic E-state index is 0.121. The number of hydrogen-bond acceptors (Lipinski definition) is 4. The molecule has 0 fully saturated rings. The second kappa shape index (κ2) is 11.3. The van der Waals surface area contributed by atoms with Gasteiger partial charge in [0.25, 0.3) is 0 Å². The smallest absolute Gasteiger partial charge is 0.243 e. The highest BCUT2D eigenvalue weighted by Gasteiger charge is 2.31. The van der Waals surface area contributed by atoms with Crippen LogP contribution in [0.5, 0.6) is 0 Å². The molecule has 0 saturated carbocycles. The maximum absolute atomic E-state index is 13.3. The van der Waals surface area contributed by atoms with Crippen molar-refractivity contribution in [2.75, 3.05) is 27.2 Å². The van der Waals surface area contributed by atoms with E-state index in [4.69, 9.17) is 0 Å². The molecule has 7 nitrogen and oxygen atoms in total. The molecule has 0 saturated heterocycles. The molecule has 2 amide bonds. The summed E-state index contributed by atoms with van der Waals surface area (Å²) in [4.78, 5) is 27.4. The predicted molar refractivity (Wildman–Crippen MR) is 134 cm³/mol. The van der Waals surface area contributed by atoms with Gasteiger partial charge in [-0.15, -0.1) is 0 Å². The van der Waals surface area contributed by atoms with E-state index in [9.17, 15) is 18.0 Å². The first-order valence-electron chi connectivity index (χ1n) is 11.3. The van der Waals surface area contributed by atoms with Gasteiger partial charge < -0.3 is 10.2 Å². The van der Waals surface area contributed by atoms with E-state index in [1.165, 1.54) is 19.0 Å². The third-order valence-corrected chi connectivity index (χ3v) is 7.70. The van der Waals surface area contributed by atoms with Crippen molar-refractivity contribution in [1.82, 2.24) is 14.5 Å². The summed E-state index contributed by atoms with van der Waals surface area (Å²) >= 11 is 0. The lowest BCUT2D eigenvalue weighted by Crippen LogP contribution is -2.52. The number of rotatable bonds is 10. The standard InChI is InChI=1S/C26H31N3O4S/c1-4-24(26(31)27-2)29(17-16-20-10-6-5-7-11-20)25(30)19-28(3)34(32,33)23-15-14-21-12-8-9-13-22(21)18-23/h5-15,18,24H,4,16-17,19H2,1-3H3,(H,27,31). The second-order valence-electron chi connectivity index (χ2n) is 8.13. The van der Waals surface area contributed by atoms with Gasteiger partial charge in [-0.1, -0.05) is 67.6 Å². The van der Waals surface area contributed by atoms with Gasteiger partial charge in [-0.3, -0.25) is 9.59 Å². The summed E-state index contributed by atoms with van der Waals surface area (Å²) in [5, 5.41) is 4.35. The highest BCUT2D eigenvalue weighted by molar-refractivity contribution is 7.89. The number of nitrogens with zero attached hydrogens (tertiary/aromatic N) is 2. The highest BCUT2D eigenvalue weighted by Crippen LogP contribution is 2.21. The van der Waals surface area contributed by atoms with E-state index in [0.717, 1.165) is 20.6 Å². The average Bonchev–Trinajstić information content (AvgIpc) is 2.86. The van der Waals surface area contributed by atoms with Crippen LogP contribution in [0.2, 0.25) is 0 Å². The summed E-state index contributed by atoms with van der Waals surface area (Å²) in [5.41, 5.74) is 1.03. The molecule has 0 aromatic heterocycles. The molecule has 180 valence electrons. The predicted octanol–water partition coefficient (Wildman–Crippen LogP) is 3.06. The number of amides is 2. The quantitative estimate of drug-likeness (QED) is 0.482. The van der Waals surface area contributed by atoms with Crippen molar-refractivity contribution < 1.29 is 18.0 Å². The lowest BCUT2D eigenvalue weighted by Gasteiger charge is -2.31. The molecule has 0 heterocycles. The number of carbonyl (C=O) groups excluding carboxylic acids is 2. The van der Waals surface area contributed by atoms with Gasteiger partial charge in [0, 0.05) is 20.6 Å². The van der Waals surface area contributed by atoms with Gasteiger partial charge in [0.2, 0.25) is 21.8 Å². The Labute approximate surface area is 201 Å². The lowest BCUT2D eigenvalue weighted by molar-refractivity contribution is -0.140. The summed E-state index contributed by atoms with van der Waals surface area (Å²) < 4.78 is 27.5. The third-order valence-electron chi connectivity index (χ3n) is 5.90. The van der Waals surface area contributed by atoms with E-state index in [2.05, 4.69) is 5.32 Å². The van der Waals surface area contributed by atoms with E-state index in [0.29, 0.717) is 19.4 Å². The number of benzene rings is 3. The van der Waals surface area contributed by atoms with Gasteiger partial charge in [-0.05, 0) is 41.3 Å². The van der Waals surface area contributed by atoms with Crippen LogP contribution >= 0.6 is 0 Å². The molecule has 0 radical (unpaired) electrons. The molecule has 3 aromatic rings. The van der Waals surface area contributed by atoms with E-state index < -0.39 is 22.0 Å². The second-order valence-corrected chi connectivity index (χ2v) is 10.2. The summed E-state index contributed by atoms with van der Waals surface area (Å²) in [6, 6.07) is 21.4. The van der Waals surface area contributed by atoms with E-state index in [1.807, 2.05) is 61.5 Å². The van der Waals surface area contributed by atoms with Crippen LogP contribution in [0.4, 0.5) is 0 Å². The first kappa shape index (κ1) is 25.4. The molecule has 0 aliphatic heterocycles. The largest absolute Gasteiger partial charge is 0.357 e. The molecule has 8 heteroatoms. The maximum Gasteiger partial charge on any atom is 0.243 e. The molecule has 0 aliphatic rings. The van der Waals surface area contributed by atoms with Crippen molar-refractivity contribution in [2.45, 2.75) is 30.7 Å². The molecule has 0 aliphatic carbocycles. The Morgan fingerprint density at radius 3 is 2.24 bits per heavy atom. The van der Waals surface area contributed by atoms with E-state index in [-0.39, 0.29) is 17.3 Å². The number of sulfonamides is 1. The summed E-state index contributed by atoms with van der Waals surface area (Å²) in [6.07, 6.45) is 0.975. The Morgan fingerprint density at radius 1 is 0.941 bits per heavy atom. The Bertz CT molecular complexity index is 1250. The third kappa shape index (κ3) is 5.81. The molecule has 0 bridgehead atoms. The minimum atomic E-state index is -3.90. The number of fused-ring (bicyclic) bond motifs is 1. The average molecular weight is 482 g/mol. The minimum Gasteiger partial charge on any atom is -0.357 e. The fourth-order valence-corrected chi connectivity index (χ4v) is 5.09. The monoisotopic (exact) mass is 481 g/mol. The van der Waals surface area contributed by atoms with Gasteiger partial charge in [-0.25, -0.2) is 8.42 Å². The fraction of sp³-hybridized carbons (Fsp3) is 0.308. The van der Waals surface area contributed by atoms with Crippen LogP contribution in [0, 0.1) is 0 Å². The van der Waals surface area contributed by atoms with Gasteiger partial charge in [0.05, 0.1) is 11.4 Å². The molecule has 1 atom stereocenters. The molecular weight excluding hydrogens is 450 g/mol. The summed E-state index contributed by atoms with van der Waals surface area (Å²) in [6.45, 7) is 1.77. The Morgan fingerprint density at radius 2 is 1.59 bits per heavy atom. The van der Waals surface area contributed by atoms with Crippen LogP contribution in [-0.2, 0) is 26.0 Å². The zero-order valence-electron chi connectivity index (χ0n) is 19.8. The van der Waals surface area contributed by atoms with Gasteiger partial charge in [-0.2, -0.15) is 4.31 Å². The number of carbonyl (C=O) groups is 2.